The van der Waals surface area contributed by atoms with Gasteiger partial charge in [0.05, 0.1) is 6.04 Å². The molecule has 19 heavy (non-hydrogen) atoms. The minimum Gasteiger partial charge on any atom is -0.347 e. The highest BCUT2D eigenvalue weighted by Gasteiger charge is 2.34. The highest BCUT2D eigenvalue weighted by atomic mass is 16.2. The quantitative estimate of drug-likeness (QED) is 0.819. The first-order valence-corrected chi connectivity index (χ1v) is 7.72. The van der Waals surface area contributed by atoms with Gasteiger partial charge in [0, 0.05) is 38.8 Å². The molecular formula is C15H29N3O. The topological polar surface area (TPSA) is 35.6 Å². The van der Waals surface area contributed by atoms with Crippen LogP contribution in [-0.2, 0) is 4.79 Å². The van der Waals surface area contributed by atoms with Crippen LogP contribution in [0.2, 0.25) is 0 Å². The van der Waals surface area contributed by atoms with Crippen LogP contribution in [0.1, 0.15) is 46.0 Å². The van der Waals surface area contributed by atoms with E-state index in [9.17, 15) is 4.79 Å². The van der Waals surface area contributed by atoms with Crippen LogP contribution in [0, 0.1) is 0 Å². The normalized spacial score (nSPS) is 27.9. The Morgan fingerprint density at radius 3 is 2.37 bits per heavy atom. The van der Waals surface area contributed by atoms with Crippen molar-refractivity contribution in [3.63, 3.8) is 0 Å². The Morgan fingerprint density at radius 1 is 1.21 bits per heavy atom. The van der Waals surface area contributed by atoms with Gasteiger partial charge in [-0.1, -0.05) is 6.42 Å². The summed E-state index contributed by atoms with van der Waals surface area (Å²) in [5, 5.41) is 3.53. The Morgan fingerprint density at radius 2 is 1.89 bits per heavy atom. The molecule has 2 unspecified atom stereocenters. The van der Waals surface area contributed by atoms with Gasteiger partial charge >= 0.3 is 0 Å². The van der Waals surface area contributed by atoms with Gasteiger partial charge in [-0.15, -0.1) is 0 Å². The van der Waals surface area contributed by atoms with Gasteiger partial charge in [0.1, 0.15) is 0 Å². The third-order valence-electron chi connectivity index (χ3n) is 4.62. The predicted octanol–water partition coefficient (Wildman–Crippen LogP) is 1.46. The largest absolute Gasteiger partial charge is 0.347 e. The van der Waals surface area contributed by atoms with Crippen LogP contribution in [-0.4, -0.2) is 60.5 Å². The molecule has 4 nitrogen and oxygen atoms in total. The van der Waals surface area contributed by atoms with Gasteiger partial charge in [0.25, 0.3) is 0 Å². The number of carbonyl (C=O) groups excluding carboxylic acids is 1. The van der Waals surface area contributed by atoms with E-state index >= 15 is 0 Å². The predicted molar refractivity (Wildman–Crippen MR) is 78.1 cm³/mol. The van der Waals surface area contributed by atoms with E-state index in [-0.39, 0.29) is 11.9 Å². The molecule has 110 valence electrons. The summed E-state index contributed by atoms with van der Waals surface area (Å²) in [6.45, 7) is 5.67. The number of nitrogens with zero attached hydrogens (tertiary/aromatic N) is 2. The fourth-order valence-electron chi connectivity index (χ4n) is 3.22. The van der Waals surface area contributed by atoms with Crippen LogP contribution in [0.3, 0.4) is 0 Å². The van der Waals surface area contributed by atoms with Crippen molar-refractivity contribution in [2.24, 2.45) is 0 Å². The molecule has 0 bridgehead atoms. The number of hydrogen-bond acceptors (Lipinski definition) is 3. The average Bonchev–Trinajstić information content (AvgIpc) is 2.73. The first-order valence-electron chi connectivity index (χ1n) is 7.72. The van der Waals surface area contributed by atoms with Gasteiger partial charge in [-0.25, -0.2) is 0 Å². The summed E-state index contributed by atoms with van der Waals surface area (Å²) in [6.07, 6.45) is 6.20. The summed E-state index contributed by atoms with van der Waals surface area (Å²) >= 11 is 0. The minimum atomic E-state index is 0.0374. The molecule has 0 aromatic carbocycles. The standard InChI is InChI=1S/C15H29N3O/c1-11(2)18(13-6-5-7-13)10-12-8-9-14(16-12)15(19)17(3)4/h11-14,16H,5-10H2,1-4H3. The minimum absolute atomic E-state index is 0.0374. The Hall–Kier alpha value is -0.610. The molecule has 2 atom stereocenters. The zero-order valence-electron chi connectivity index (χ0n) is 12.9. The van der Waals surface area contributed by atoms with Crippen molar-refractivity contribution in [1.82, 2.24) is 15.1 Å². The maximum absolute atomic E-state index is 12.0. The Balaban J connectivity index is 1.84. The molecule has 2 fully saturated rings. The first kappa shape index (κ1) is 14.8. The zero-order valence-corrected chi connectivity index (χ0v) is 12.9. The van der Waals surface area contributed by atoms with Crippen LogP contribution >= 0.6 is 0 Å². The number of rotatable bonds is 5. The lowest BCUT2D eigenvalue weighted by molar-refractivity contribution is -0.130. The summed E-state index contributed by atoms with van der Waals surface area (Å²) in [6, 6.07) is 1.91. The highest BCUT2D eigenvalue weighted by molar-refractivity contribution is 5.81. The molecule has 2 aliphatic rings. The lowest BCUT2D eigenvalue weighted by Gasteiger charge is -2.41. The number of nitrogens with one attached hydrogen (secondary N) is 1. The highest BCUT2D eigenvalue weighted by Crippen LogP contribution is 2.27. The summed E-state index contributed by atoms with van der Waals surface area (Å²) in [5.41, 5.74) is 0. The van der Waals surface area contributed by atoms with Crippen LogP contribution < -0.4 is 5.32 Å². The van der Waals surface area contributed by atoms with Crippen molar-refractivity contribution >= 4 is 5.91 Å². The van der Waals surface area contributed by atoms with Gasteiger partial charge in [-0.2, -0.15) is 0 Å². The third kappa shape index (κ3) is 3.48. The molecule has 0 aromatic heterocycles. The Kier molecular flexibility index (Phi) is 4.85. The van der Waals surface area contributed by atoms with Gasteiger partial charge in [0.2, 0.25) is 5.91 Å². The van der Waals surface area contributed by atoms with E-state index in [1.165, 1.54) is 19.3 Å². The molecule has 0 radical (unpaired) electrons. The zero-order chi connectivity index (χ0) is 14.0. The van der Waals surface area contributed by atoms with Crippen molar-refractivity contribution < 1.29 is 4.79 Å². The number of carbonyl (C=O) groups is 1. The molecular weight excluding hydrogens is 238 g/mol. The number of amides is 1. The fourth-order valence-corrected chi connectivity index (χ4v) is 3.22. The summed E-state index contributed by atoms with van der Waals surface area (Å²) < 4.78 is 0. The van der Waals surface area contributed by atoms with E-state index in [0.717, 1.165) is 25.4 Å². The van der Waals surface area contributed by atoms with E-state index in [1.807, 2.05) is 14.1 Å². The molecule has 4 heteroatoms. The molecule has 1 aliphatic carbocycles. The van der Waals surface area contributed by atoms with Crippen LogP contribution in [0.25, 0.3) is 0 Å². The van der Waals surface area contributed by atoms with Crippen molar-refractivity contribution in [2.45, 2.75) is 70.1 Å². The number of hydrogen-bond donors (Lipinski definition) is 1. The lowest BCUT2D eigenvalue weighted by Crippen LogP contribution is -2.51. The van der Waals surface area contributed by atoms with E-state index in [4.69, 9.17) is 0 Å². The van der Waals surface area contributed by atoms with Crippen LogP contribution in [0.15, 0.2) is 0 Å². The Labute approximate surface area is 117 Å². The summed E-state index contributed by atoms with van der Waals surface area (Å²) in [4.78, 5) is 16.3. The molecule has 1 saturated carbocycles. The van der Waals surface area contributed by atoms with Crippen LogP contribution in [0.4, 0.5) is 0 Å². The first-order chi connectivity index (χ1) is 8.99. The van der Waals surface area contributed by atoms with E-state index in [1.54, 1.807) is 4.90 Å². The average molecular weight is 267 g/mol. The van der Waals surface area contributed by atoms with Crippen molar-refractivity contribution in [3.05, 3.63) is 0 Å². The monoisotopic (exact) mass is 267 g/mol. The van der Waals surface area contributed by atoms with Gasteiger partial charge in [-0.05, 0) is 39.5 Å². The van der Waals surface area contributed by atoms with Crippen molar-refractivity contribution in [2.75, 3.05) is 20.6 Å². The van der Waals surface area contributed by atoms with E-state index < -0.39 is 0 Å². The summed E-state index contributed by atoms with van der Waals surface area (Å²) in [5.74, 6) is 0.224. The lowest BCUT2D eigenvalue weighted by atomic mass is 9.90. The maximum atomic E-state index is 12.0. The van der Waals surface area contributed by atoms with E-state index in [2.05, 4.69) is 24.1 Å². The molecule has 0 aromatic rings. The molecule has 2 rings (SSSR count). The third-order valence-corrected chi connectivity index (χ3v) is 4.62. The second kappa shape index (κ2) is 6.23. The molecule has 1 amide bonds. The van der Waals surface area contributed by atoms with Gasteiger partial charge < -0.3 is 10.2 Å². The molecule has 0 spiro atoms. The smallest absolute Gasteiger partial charge is 0.239 e. The van der Waals surface area contributed by atoms with Crippen molar-refractivity contribution in [1.29, 1.82) is 0 Å². The molecule has 1 saturated heterocycles. The SMILES string of the molecule is CC(C)N(CC1CCC(C(=O)N(C)C)N1)C1CCC1. The molecule has 1 heterocycles. The Bertz CT molecular complexity index is 313. The molecule has 1 N–H and O–H groups in total. The molecule has 1 aliphatic heterocycles. The van der Waals surface area contributed by atoms with Crippen LogP contribution in [0.5, 0.6) is 0 Å². The fraction of sp³-hybridized carbons (Fsp3) is 0.933. The second-order valence-corrected chi connectivity index (χ2v) is 6.60. The van der Waals surface area contributed by atoms with Crippen molar-refractivity contribution in [3.8, 4) is 0 Å². The van der Waals surface area contributed by atoms with Gasteiger partial charge in [0.15, 0.2) is 0 Å². The van der Waals surface area contributed by atoms with E-state index in [0.29, 0.717) is 12.1 Å². The maximum Gasteiger partial charge on any atom is 0.239 e. The number of likely N-dealkylation sites (N-methyl/N-ethyl adjacent to an activating group) is 1. The van der Waals surface area contributed by atoms with Gasteiger partial charge in [-0.3, -0.25) is 9.69 Å². The second-order valence-electron chi connectivity index (χ2n) is 6.60. The summed E-state index contributed by atoms with van der Waals surface area (Å²) in [7, 11) is 3.68.